The van der Waals surface area contributed by atoms with Crippen molar-refractivity contribution < 1.29 is 34.2 Å². The Balaban J connectivity index is 0.995. The molecule has 0 radical (unpaired) electrons. The third kappa shape index (κ3) is 9.09. The van der Waals surface area contributed by atoms with Gasteiger partial charge in [0.1, 0.15) is 22.9 Å². The molecule has 0 saturated heterocycles. The zero-order valence-electron chi connectivity index (χ0n) is 31.9. The number of hydrogen-bond acceptors (Lipinski definition) is 11. The number of fused-ring (bicyclic) bond motifs is 2. The molecule has 296 valence electrons. The fourth-order valence-electron chi connectivity index (χ4n) is 6.31. The SMILES string of the molecule is Cc1cccc(N(C(N)=O)C(=O)c2ccc3c(N=Nc4ccc(C=CC(=O)c5ccc(N=Nc6c(O)ccc7cc(CONC=O)ccc67)cc5)cc4)c(O)ccc3c2)c1. The summed E-state index contributed by atoms with van der Waals surface area (Å²) in [7, 11) is 0. The van der Waals surface area contributed by atoms with Gasteiger partial charge in [0.15, 0.2) is 5.78 Å². The normalized spacial score (nSPS) is 11.5. The van der Waals surface area contributed by atoms with Gasteiger partial charge in [0.2, 0.25) is 6.41 Å². The maximum absolute atomic E-state index is 13.4. The summed E-state index contributed by atoms with van der Waals surface area (Å²) in [4.78, 5) is 55.1. The van der Waals surface area contributed by atoms with Crippen LogP contribution in [0.4, 0.5) is 33.2 Å². The molecule has 0 fully saturated rings. The number of phenolic OH excluding ortho intramolecular Hbond substituents is 2. The van der Waals surface area contributed by atoms with Gasteiger partial charge in [0.05, 0.1) is 23.7 Å². The van der Waals surface area contributed by atoms with E-state index in [0.29, 0.717) is 45.2 Å². The third-order valence-electron chi connectivity index (χ3n) is 9.31. The summed E-state index contributed by atoms with van der Waals surface area (Å²) in [6.45, 7) is 2.01. The Morgan fingerprint density at radius 1 is 0.700 bits per heavy atom. The summed E-state index contributed by atoms with van der Waals surface area (Å²) in [6.07, 6.45) is 3.56. The van der Waals surface area contributed by atoms with Gasteiger partial charge in [-0.05, 0) is 119 Å². The molecule has 7 aromatic rings. The second-order valence-corrected chi connectivity index (χ2v) is 13.4. The van der Waals surface area contributed by atoms with Crippen molar-refractivity contribution >= 4 is 80.2 Å². The first-order valence-electron chi connectivity index (χ1n) is 18.4. The number of carbonyl (C=O) groups excluding carboxylic acids is 4. The standard InChI is InChI=1S/C46H35N7O7/c1-28-3-2-4-37(23-28)53(46(47)59)45(58)34-11-19-39-33(25-34)13-22-42(57)44(39)52-49-35-14-5-29(6-15-35)8-20-40(55)31-9-16-36(17-10-31)50-51-43-38-18-7-30(26-60-48-27-54)24-32(38)12-21-41(43)56/h2-25,27,56-57H,26H2,1H3,(H2,47,59)(H,48,54). The summed E-state index contributed by atoms with van der Waals surface area (Å²) >= 11 is 0. The van der Waals surface area contributed by atoms with E-state index in [4.69, 9.17) is 10.6 Å². The molecule has 4 amide bonds. The average Bonchev–Trinajstić information content (AvgIpc) is 3.25. The van der Waals surface area contributed by atoms with E-state index in [1.807, 2.05) is 19.1 Å². The molecule has 0 saturated carbocycles. The highest BCUT2D eigenvalue weighted by Crippen LogP contribution is 2.38. The van der Waals surface area contributed by atoms with Crippen LogP contribution >= 0.6 is 0 Å². The first-order valence-corrected chi connectivity index (χ1v) is 18.4. The minimum absolute atomic E-state index is 0.0459. The number of azo groups is 2. The molecular formula is C46H35N7O7. The van der Waals surface area contributed by atoms with Gasteiger partial charge in [-0.1, -0.05) is 60.7 Å². The number of aryl methyl sites for hydroxylation is 1. The topological polar surface area (TPSA) is 209 Å². The number of nitrogens with one attached hydrogen (secondary N) is 1. The number of hydroxylamine groups is 1. The number of aromatic hydroxyl groups is 2. The number of rotatable bonds is 13. The molecular weight excluding hydrogens is 763 g/mol. The molecule has 60 heavy (non-hydrogen) atoms. The van der Waals surface area contributed by atoms with Crippen molar-refractivity contribution in [1.29, 1.82) is 0 Å². The summed E-state index contributed by atoms with van der Waals surface area (Å²) in [5.41, 5.74) is 12.6. The van der Waals surface area contributed by atoms with Gasteiger partial charge >= 0.3 is 6.03 Å². The molecule has 7 rings (SSSR count). The number of primary amides is 1. The van der Waals surface area contributed by atoms with Crippen LogP contribution in [0.3, 0.4) is 0 Å². The maximum Gasteiger partial charge on any atom is 0.326 e. The number of anilines is 1. The first-order chi connectivity index (χ1) is 29.1. The summed E-state index contributed by atoms with van der Waals surface area (Å²) < 4.78 is 0. The van der Waals surface area contributed by atoms with Crippen LogP contribution in [0.5, 0.6) is 11.5 Å². The number of amides is 4. The lowest BCUT2D eigenvalue weighted by Gasteiger charge is -2.19. The largest absolute Gasteiger partial charge is 0.506 e. The fraction of sp³-hybridized carbons (Fsp3) is 0.0435. The predicted octanol–water partition coefficient (Wildman–Crippen LogP) is 10.3. The van der Waals surface area contributed by atoms with Crippen molar-refractivity contribution in [2.24, 2.45) is 26.2 Å². The number of phenols is 2. The molecule has 5 N–H and O–H groups in total. The van der Waals surface area contributed by atoms with Crippen LogP contribution in [-0.4, -0.2) is 34.3 Å². The van der Waals surface area contributed by atoms with E-state index in [1.54, 1.807) is 109 Å². The molecule has 0 spiro atoms. The second kappa shape index (κ2) is 17.8. The maximum atomic E-state index is 13.4. The molecule has 0 heterocycles. The number of nitrogens with two attached hydrogens (primary N) is 1. The third-order valence-corrected chi connectivity index (χ3v) is 9.31. The molecule has 0 aliphatic rings. The first kappa shape index (κ1) is 39.9. The van der Waals surface area contributed by atoms with Crippen molar-refractivity contribution in [1.82, 2.24) is 5.48 Å². The van der Waals surface area contributed by atoms with E-state index in [0.717, 1.165) is 27.0 Å². The van der Waals surface area contributed by atoms with Crippen molar-refractivity contribution in [2.75, 3.05) is 4.90 Å². The van der Waals surface area contributed by atoms with E-state index in [1.165, 1.54) is 24.3 Å². The lowest BCUT2D eigenvalue weighted by molar-refractivity contribution is -0.121. The molecule has 14 nitrogen and oxygen atoms in total. The van der Waals surface area contributed by atoms with Gasteiger partial charge in [-0.3, -0.25) is 19.2 Å². The molecule has 0 atom stereocenters. The van der Waals surface area contributed by atoms with Crippen LogP contribution < -0.4 is 16.1 Å². The van der Waals surface area contributed by atoms with Crippen LogP contribution in [-0.2, 0) is 16.2 Å². The molecule has 0 unspecified atom stereocenters. The minimum atomic E-state index is -0.915. The Morgan fingerprint density at radius 3 is 1.92 bits per heavy atom. The van der Waals surface area contributed by atoms with E-state index >= 15 is 0 Å². The molecule has 14 heteroatoms. The second-order valence-electron chi connectivity index (χ2n) is 13.4. The lowest BCUT2D eigenvalue weighted by atomic mass is 10.0. The lowest BCUT2D eigenvalue weighted by Crippen LogP contribution is -2.40. The zero-order valence-corrected chi connectivity index (χ0v) is 31.9. The zero-order chi connectivity index (χ0) is 42.2. The summed E-state index contributed by atoms with van der Waals surface area (Å²) in [5, 5.41) is 40.9. The molecule has 0 bridgehead atoms. The highest BCUT2D eigenvalue weighted by atomic mass is 16.6. The van der Waals surface area contributed by atoms with Crippen molar-refractivity contribution in [3.63, 3.8) is 0 Å². The Kier molecular flexibility index (Phi) is 11.8. The average molecular weight is 798 g/mol. The van der Waals surface area contributed by atoms with Crippen LogP contribution in [0.15, 0.2) is 160 Å². The number of hydrogen-bond donors (Lipinski definition) is 4. The molecule has 0 aromatic heterocycles. The van der Waals surface area contributed by atoms with Crippen molar-refractivity contribution in [2.45, 2.75) is 13.5 Å². The Morgan fingerprint density at radius 2 is 1.30 bits per heavy atom. The number of carbonyl (C=O) groups is 4. The smallest absolute Gasteiger partial charge is 0.326 e. The fourth-order valence-corrected chi connectivity index (χ4v) is 6.31. The Bertz CT molecular complexity index is 2870. The van der Waals surface area contributed by atoms with Crippen LogP contribution in [0, 0.1) is 6.92 Å². The number of benzene rings is 7. The summed E-state index contributed by atoms with van der Waals surface area (Å²) in [5.74, 6) is -0.995. The van der Waals surface area contributed by atoms with E-state index in [-0.39, 0.29) is 40.8 Å². The van der Waals surface area contributed by atoms with Gasteiger partial charge in [-0.2, -0.15) is 10.2 Å². The predicted molar refractivity (Wildman–Crippen MR) is 227 cm³/mol. The quantitative estimate of drug-likeness (QED) is 0.0221. The monoisotopic (exact) mass is 797 g/mol. The Labute approximate surface area is 342 Å². The highest BCUT2D eigenvalue weighted by molar-refractivity contribution is 6.21. The van der Waals surface area contributed by atoms with Gasteiger partial charge < -0.3 is 15.9 Å². The number of urea groups is 1. The minimum Gasteiger partial charge on any atom is -0.506 e. The van der Waals surface area contributed by atoms with E-state index in [9.17, 15) is 29.4 Å². The molecule has 0 aliphatic carbocycles. The number of imide groups is 1. The van der Waals surface area contributed by atoms with Crippen molar-refractivity contribution in [3.05, 3.63) is 167 Å². The molecule has 7 aromatic carbocycles. The number of nitrogens with zero attached hydrogens (tertiary/aromatic N) is 5. The Hall–Kier alpha value is -8.36. The van der Waals surface area contributed by atoms with Crippen LogP contribution in [0.1, 0.15) is 37.4 Å². The molecule has 0 aliphatic heterocycles. The van der Waals surface area contributed by atoms with Gasteiger partial charge in [-0.15, -0.1) is 10.2 Å². The van der Waals surface area contributed by atoms with Gasteiger partial charge in [-0.25, -0.2) is 15.2 Å². The number of allylic oxidation sites excluding steroid dienone is 1. The van der Waals surface area contributed by atoms with E-state index < -0.39 is 11.9 Å². The van der Waals surface area contributed by atoms with Gasteiger partial charge in [0.25, 0.3) is 5.91 Å². The number of ketones is 1. The van der Waals surface area contributed by atoms with Crippen LogP contribution in [0.25, 0.3) is 27.6 Å². The summed E-state index contributed by atoms with van der Waals surface area (Å²) in [6, 6.07) is 36.0. The van der Waals surface area contributed by atoms with Crippen LogP contribution in [0.2, 0.25) is 0 Å². The van der Waals surface area contributed by atoms with Gasteiger partial charge in [0, 0.05) is 21.9 Å². The van der Waals surface area contributed by atoms with E-state index in [2.05, 4.69) is 25.9 Å². The van der Waals surface area contributed by atoms with Crippen molar-refractivity contribution in [3.8, 4) is 11.5 Å². The highest BCUT2D eigenvalue weighted by Gasteiger charge is 2.23.